The molecule has 0 heterocycles. The number of halogens is 2. The molecule has 112 valence electrons. The van der Waals surface area contributed by atoms with Crippen molar-refractivity contribution in [1.82, 2.24) is 0 Å². The van der Waals surface area contributed by atoms with Crippen molar-refractivity contribution in [3.8, 4) is 11.5 Å². The second kappa shape index (κ2) is 6.98. The molecule has 2 rings (SSSR count). The van der Waals surface area contributed by atoms with E-state index in [2.05, 4.69) is 38.5 Å². The molecule has 0 saturated carbocycles. The fourth-order valence-electron chi connectivity index (χ4n) is 2.18. The van der Waals surface area contributed by atoms with E-state index in [-0.39, 0.29) is 0 Å². The predicted molar refractivity (Wildman–Crippen MR) is 95.2 cm³/mol. The number of hydrogen-bond acceptors (Lipinski definition) is 3. The number of methoxy groups -OCH3 is 2. The third-order valence-corrected chi connectivity index (χ3v) is 5.55. The van der Waals surface area contributed by atoms with Crippen molar-refractivity contribution in [2.24, 2.45) is 0 Å². The number of hydrogen-bond donors (Lipinski definition) is 1. The number of rotatable bonds is 4. The summed E-state index contributed by atoms with van der Waals surface area (Å²) in [6, 6.07) is 9.54. The first-order valence-corrected chi connectivity index (χ1v) is 8.21. The van der Waals surface area contributed by atoms with Gasteiger partial charge in [-0.15, -0.1) is 0 Å². The largest absolute Gasteiger partial charge is 0.495 e. The summed E-state index contributed by atoms with van der Waals surface area (Å²) in [5.41, 5.74) is 2.71. The van der Waals surface area contributed by atoms with Crippen LogP contribution in [0.3, 0.4) is 0 Å². The molecule has 3 nitrogen and oxygen atoms in total. The lowest BCUT2D eigenvalue weighted by molar-refractivity contribution is 0.213. The van der Waals surface area contributed by atoms with Gasteiger partial charge >= 0.3 is 0 Å². The summed E-state index contributed by atoms with van der Waals surface area (Å²) in [6.07, 6.45) is -0.756. The maximum absolute atomic E-state index is 10.8. The molecule has 0 fully saturated rings. The van der Waals surface area contributed by atoms with Crippen molar-refractivity contribution in [2.45, 2.75) is 13.0 Å². The maximum atomic E-state index is 10.8. The molecule has 1 N–H and O–H groups in total. The van der Waals surface area contributed by atoms with Crippen molar-refractivity contribution in [2.75, 3.05) is 14.2 Å². The van der Waals surface area contributed by atoms with Crippen molar-refractivity contribution in [3.63, 3.8) is 0 Å². The fourth-order valence-corrected chi connectivity index (χ4v) is 3.52. The van der Waals surface area contributed by atoms with Gasteiger partial charge in [0.05, 0.1) is 14.2 Å². The Morgan fingerprint density at radius 1 is 1.10 bits per heavy atom. The van der Waals surface area contributed by atoms with Gasteiger partial charge in [-0.3, -0.25) is 0 Å². The van der Waals surface area contributed by atoms with E-state index in [1.54, 1.807) is 14.2 Å². The molecule has 5 heteroatoms. The van der Waals surface area contributed by atoms with Gasteiger partial charge in [0.25, 0.3) is 0 Å². The van der Waals surface area contributed by atoms with Crippen LogP contribution in [0.4, 0.5) is 0 Å². The number of ether oxygens (including phenoxy) is 2. The molecule has 0 saturated heterocycles. The highest BCUT2D eigenvalue weighted by atomic mass is 127. The zero-order valence-corrected chi connectivity index (χ0v) is 15.7. The van der Waals surface area contributed by atoms with Crippen LogP contribution in [-0.2, 0) is 0 Å². The number of aliphatic hydroxyl groups excluding tert-OH is 1. The van der Waals surface area contributed by atoms with E-state index >= 15 is 0 Å². The third-order valence-electron chi connectivity index (χ3n) is 3.33. The molecule has 1 atom stereocenters. The van der Waals surface area contributed by atoms with Gasteiger partial charge in [-0.2, -0.15) is 0 Å². The molecule has 0 aliphatic carbocycles. The summed E-state index contributed by atoms with van der Waals surface area (Å²) in [5.74, 6) is 1.25. The van der Waals surface area contributed by atoms with E-state index in [0.29, 0.717) is 21.5 Å². The highest BCUT2D eigenvalue weighted by molar-refractivity contribution is 14.1. The van der Waals surface area contributed by atoms with E-state index in [4.69, 9.17) is 9.47 Å². The summed E-state index contributed by atoms with van der Waals surface area (Å²) in [7, 11) is 3.18. The fraction of sp³-hybridized carbons (Fsp3) is 0.250. The number of aryl methyl sites for hydroxylation is 1. The molecular weight excluding hydrogens is 447 g/mol. The number of benzene rings is 2. The molecule has 0 radical (unpaired) electrons. The van der Waals surface area contributed by atoms with Crippen LogP contribution in [0.5, 0.6) is 11.5 Å². The Balaban J connectivity index is 2.56. The van der Waals surface area contributed by atoms with Crippen molar-refractivity contribution in [1.29, 1.82) is 0 Å². The third kappa shape index (κ3) is 3.19. The van der Waals surface area contributed by atoms with Crippen LogP contribution in [0.1, 0.15) is 22.8 Å². The average molecular weight is 463 g/mol. The summed E-state index contributed by atoms with van der Waals surface area (Å²) in [5, 5.41) is 10.8. The van der Waals surface area contributed by atoms with Crippen LogP contribution in [0.2, 0.25) is 0 Å². The lowest BCUT2D eigenvalue weighted by Gasteiger charge is -2.19. The van der Waals surface area contributed by atoms with Gasteiger partial charge in [-0.1, -0.05) is 18.2 Å². The molecule has 2 aromatic rings. The predicted octanol–water partition coefficient (Wildman–Crippen LogP) is 4.46. The van der Waals surface area contributed by atoms with Crippen LogP contribution >= 0.6 is 38.5 Å². The van der Waals surface area contributed by atoms with Gasteiger partial charge in [-0.05, 0) is 68.7 Å². The number of aliphatic hydroxyl groups is 1. The Hall–Kier alpha value is -0.790. The minimum absolute atomic E-state index is 0.583. The summed E-state index contributed by atoms with van der Waals surface area (Å²) >= 11 is 5.72. The zero-order valence-electron chi connectivity index (χ0n) is 12.0. The van der Waals surface area contributed by atoms with Gasteiger partial charge in [0, 0.05) is 9.13 Å². The minimum Gasteiger partial charge on any atom is -0.495 e. The lowest BCUT2D eigenvalue weighted by Crippen LogP contribution is -2.06. The van der Waals surface area contributed by atoms with E-state index in [0.717, 1.165) is 14.7 Å². The summed E-state index contributed by atoms with van der Waals surface area (Å²) in [4.78, 5) is 0. The molecule has 0 bridgehead atoms. The maximum Gasteiger partial charge on any atom is 0.142 e. The standard InChI is InChI=1S/C16H16BrIO3/c1-9-5-4-6-10(14(9)18)15(19)11-7-8-12(20-2)13(17)16(11)21-3/h4-8,15,19H,1-3H3. The van der Waals surface area contributed by atoms with Crippen LogP contribution in [0.15, 0.2) is 34.8 Å². The van der Waals surface area contributed by atoms with Crippen molar-refractivity contribution in [3.05, 3.63) is 55.1 Å². The van der Waals surface area contributed by atoms with E-state index < -0.39 is 6.10 Å². The average Bonchev–Trinajstić information content (AvgIpc) is 2.49. The minimum atomic E-state index is -0.756. The second-order valence-corrected chi connectivity index (χ2v) is 6.46. The molecule has 0 aliphatic heterocycles. The highest BCUT2D eigenvalue weighted by Gasteiger charge is 2.22. The van der Waals surface area contributed by atoms with Gasteiger partial charge in [0.2, 0.25) is 0 Å². The molecule has 0 spiro atoms. The van der Waals surface area contributed by atoms with Gasteiger partial charge in [0.1, 0.15) is 22.1 Å². The highest BCUT2D eigenvalue weighted by Crippen LogP contribution is 2.42. The SMILES string of the molecule is COc1ccc(C(O)c2cccc(C)c2I)c(OC)c1Br. The second-order valence-electron chi connectivity index (χ2n) is 4.58. The normalized spacial score (nSPS) is 12.1. The molecular formula is C16H16BrIO3. The van der Waals surface area contributed by atoms with Crippen LogP contribution in [-0.4, -0.2) is 19.3 Å². The molecule has 0 aromatic heterocycles. The zero-order chi connectivity index (χ0) is 15.6. The molecule has 0 aliphatic rings. The van der Waals surface area contributed by atoms with Crippen LogP contribution in [0, 0.1) is 10.5 Å². The van der Waals surface area contributed by atoms with Crippen molar-refractivity contribution >= 4 is 38.5 Å². The first kappa shape index (κ1) is 16.6. The summed E-state index contributed by atoms with van der Waals surface area (Å²) in [6.45, 7) is 2.03. The van der Waals surface area contributed by atoms with E-state index in [9.17, 15) is 5.11 Å². The molecule has 1 unspecified atom stereocenters. The first-order valence-electron chi connectivity index (χ1n) is 6.34. The Labute approximate surface area is 146 Å². The first-order chi connectivity index (χ1) is 10.0. The Morgan fingerprint density at radius 2 is 1.81 bits per heavy atom. The quantitative estimate of drug-likeness (QED) is 0.681. The van der Waals surface area contributed by atoms with E-state index in [1.165, 1.54) is 0 Å². The molecule has 21 heavy (non-hydrogen) atoms. The Bertz CT molecular complexity index is 658. The van der Waals surface area contributed by atoms with Gasteiger partial charge in [-0.25, -0.2) is 0 Å². The summed E-state index contributed by atoms with van der Waals surface area (Å²) < 4.78 is 12.5. The molecule has 0 amide bonds. The molecule has 2 aromatic carbocycles. The van der Waals surface area contributed by atoms with Crippen LogP contribution < -0.4 is 9.47 Å². The van der Waals surface area contributed by atoms with Gasteiger partial charge < -0.3 is 14.6 Å². The Morgan fingerprint density at radius 3 is 2.43 bits per heavy atom. The Kier molecular flexibility index (Phi) is 5.51. The lowest BCUT2D eigenvalue weighted by atomic mass is 9.99. The van der Waals surface area contributed by atoms with Crippen molar-refractivity contribution < 1.29 is 14.6 Å². The van der Waals surface area contributed by atoms with Crippen LogP contribution in [0.25, 0.3) is 0 Å². The topological polar surface area (TPSA) is 38.7 Å². The van der Waals surface area contributed by atoms with E-state index in [1.807, 2.05) is 37.3 Å². The monoisotopic (exact) mass is 462 g/mol. The smallest absolute Gasteiger partial charge is 0.142 e. The van der Waals surface area contributed by atoms with Gasteiger partial charge in [0.15, 0.2) is 0 Å².